The van der Waals surface area contributed by atoms with Crippen molar-refractivity contribution in [2.24, 2.45) is 0 Å². The van der Waals surface area contributed by atoms with Crippen LogP contribution in [0.25, 0.3) is 17.0 Å². The van der Waals surface area contributed by atoms with Gasteiger partial charge in [0.15, 0.2) is 11.5 Å². The van der Waals surface area contributed by atoms with Crippen LogP contribution in [0.2, 0.25) is 5.02 Å². The van der Waals surface area contributed by atoms with E-state index in [1.165, 1.54) is 0 Å². The quantitative estimate of drug-likeness (QED) is 0.682. The first-order valence-corrected chi connectivity index (χ1v) is 8.65. The normalized spacial score (nSPS) is 10.5. The highest BCUT2D eigenvalue weighted by atomic mass is 35.5. The molecule has 0 saturated heterocycles. The number of pyridine rings is 1. The average molecular weight is 383 g/mol. The molecule has 3 aromatic rings. The molecule has 0 aliphatic heterocycles. The molecule has 0 aliphatic rings. The van der Waals surface area contributed by atoms with Crippen molar-refractivity contribution in [3.8, 4) is 11.5 Å². The minimum atomic E-state index is -0.202. The Bertz CT molecular complexity index is 1020. The zero-order valence-corrected chi connectivity index (χ0v) is 15.8. The molecule has 0 bridgehead atoms. The third-order valence-corrected chi connectivity index (χ3v) is 4.49. The molecule has 0 atom stereocenters. The lowest BCUT2D eigenvalue weighted by molar-refractivity contribution is 0.0951. The van der Waals surface area contributed by atoms with E-state index in [4.69, 9.17) is 21.1 Å². The number of ether oxygens (including phenoxy) is 2. The number of amides is 1. The SMILES string of the molecule is C=Cc1cc(Cl)ccc1C(=O)NCc1ccnc2cc(OC)c(OC)cc12. The Hall–Kier alpha value is -3.05. The predicted molar refractivity (Wildman–Crippen MR) is 108 cm³/mol. The van der Waals surface area contributed by atoms with Crippen molar-refractivity contribution in [1.29, 1.82) is 0 Å². The van der Waals surface area contributed by atoms with Crippen LogP contribution in [0, 0.1) is 0 Å². The molecule has 27 heavy (non-hydrogen) atoms. The molecular formula is C21H19ClN2O3. The van der Waals surface area contributed by atoms with Gasteiger partial charge in [-0.1, -0.05) is 24.3 Å². The van der Waals surface area contributed by atoms with Gasteiger partial charge in [0.1, 0.15) is 0 Å². The number of aromatic nitrogens is 1. The van der Waals surface area contributed by atoms with E-state index in [-0.39, 0.29) is 5.91 Å². The number of nitrogens with one attached hydrogen (secondary N) is 1. The number of nitrogens with zero attached hydrogens (tertiary/aromatic N) is 1. The van der Waals surface area contributed by atoms with Crippen molar-refractivity contribution >= 4 is 34.5 Å². The predicted octanol–water partition coefficient (Wildman–Crippen LogP) is 4.48. The summed E-state index contributed by atoms with van der Waals surface area (Å²) in [5, 5.41) is 4.38. The Balaban J connectivity index is 1.89. The van der Waals surface area contributed by atoms with Gasteiger partial charge < -0.3 is 14.8 Å². The van der Waals surface area contributed by atoms with Crippen LogP contribution in [0.3, 0.4) is 0 Å². The van der Waals surface area contributed by atoms with Crippen LogP contribution in [0.1, 0.15) is 21.5 Å². The van der Waals surface area contributed by atoms with Gasteiger partial charge in [-0.3, -0.25) is 9.78 Å². The van der Waals surface area contributed by atoms with E-state index in [0.717, 1.165) is 16.5 Å². The third-order valence-electron chi connectivity index (χ3n) is 4.25. The minimum Gasteiger partial charge on any atom is -0.493 e. The maximum absolute atomic E-state index is 12.6. The van der Waals surface area contributed by atoms with E-state index in [0.29, 0.717) is 34.2 Å². The van der Waals surface area contributed by atoms with Crippen LogP contribution in [-0.2, 0) is 6.54 Å². The molecule has 1 N–H and O–H groups in total. The Labute approximate surface area is 162 Å². The fraction of sp³-hybridized carbons (Fsp3) is 0.143. The van der Waals surface area contributed by atoms with Crippen LogP contribution in [0.5, 0.6) is 11.5 Å². The topological polar surface area (TPSA) is 60.5 Å². The monoisotopic (exact) mass is 382 g/mol. The Morgan fingerprint density at radius 3 is 2.63 bits per heavy atom. The first-order chi connectivity index (χ1) is 13.1. The summed E-state index contributed by atoms with van der Waals surface area (Å²) < 4.78 is 10.7. The molecule has 1 aromatic heterocycles. The molecule has 1 amide bonds. The zero-order chi connectivity index (χ0) is 19.4. The molecule has 0 saturated carbocycles. The maximum atomic E-state index is 12.6. The largest absolute Gasteiger partial charge is 0.493 e. The van der Waals surface area contributed by atoms with E-state index in [2.05, 4.69) is 16.9 Å². The minimum absolute atomic E-state index is 0.202. The molecule has 0 aliphatic carbocycles. The smallest absolute Gasteiger partial charge is 0.252 e. The van der Waals surface area contributed by atoms with Gasteiger partial charge in [-0.15, -0.1) is 0 Å². The van der Waals surface area contributed by atoms with Crippen molar-refractivity contribution in [3.05, 3.63) is 70.9 Å². The molecule has 1 heterocycles. The molecule has 5 nitrogen and oxygen atoms in total. The Morgan fingerprint density at radius 1 is 1.19 bits per heavy atom. The molecule has 0 spiro atoms. The van der Waals surface area contributed by atoms with Crippen molar-refractivity contribution in [2.75, 3.05) is 14.2 Å². The summed E-state index contributed by atoms with van der Waals surface area (Å²) in [5.74, 6) is 1.01. The summed E-state index contributed by atoms with van der Waals surface area (Å²) in [5.41, 5.74) is 2.89. The third kappa shape index (κ3) is 3.88. The van der Waals surface area contributed by atoms with Crippen molar-refractivity contribution in [1.82, 2.24) is 10.3 Å². The molecular weight excluding hydrogens is 364 g/mol. The van der Waals surface area contributed by atoms with Gasteiger partial charge in [-0.25, -0.2) is 0 Å². The molecule has 0 fully saturated rings. The second-order valence-electron chi connectivity index (χ2n) is 5.81. The summed E-state index contributed by atoms with van der Waals surface area (Å²) in [6, 6.07) is 10.6. The summed E-state index contributed by atoms with van der Waals surface area (Å²) in [6.45, 7) is 4.08. The average Bonchev–Trinajstić information content (AvgIpc) is 2.70. The van der Waals surface area contributed by atoms with Crippen molar-refractivity contribution in [3.63, 3.8) is 0 Å². The van der Waals surface area contributed by atoms with Gasteiger partial charge >= 0.3 is 0 Å². The molecule has 6 heteroatoms. The van der Waals surface area contributed by atoms with E-state index in [1.54, 1.807) is 44.7 Å². The number of carbonyl (C=O) groups is 1. The van der Waals surface area contributed by atoms with Gasteiger partial charge in [0.2, 0.25) is 0 Å². The summed E-state index contributed by atoms with van der Waals surface area (Å²) in [6.07, 6.45) is 3.31. The first kappa shape index (κ1) is 18.7. The second-order valence-corrected chi connectivity index (χ2v) is 6.25. The van der Waals surface area contributed by atoms with Crippen LogP contribution < -0.4 is 14.8 Å². The van der Waals surface area contributed by atoms with Crippen LogP contribution in [0.15, 0.2) is 49.2 Å². The highest BCUT2D eigenvalue weighted by Gasteiger charge is 2.13. The van der Waals surface area contributed by atoms with Gasteiger partial charge in [-0.05, 0) is 41.5 Å². The van der Waals surface area contributed by atoms with Crippen LogP contribution in [0.4, 0.5) is 0 Å². The highest BCUT2D eigenvalue weighted by Crippen LogP contribution is 2.32. The lowest BCUT2D eigenvalue weighted by Crippen LogP contribution is -2.23. The van der Waals surface area contributed by atoms with Crippen molar-refractivity contribution in [2.45, 2.75) is 6.54 Å². The Morgan fingerprint density at radius 2 is 1.93 bits per heavy atom. The number of fused-ring (bicyclic) bond motifs is 1. The summed E-state index contributed by atoms with van der Waals surface area (Å²) in [4.78, 5) is 17.0. The van der Waals surface area contributed by atoms with Gasteiger partial charge in [0, 0.05) is 34.8 Å². The first-order valence-electron chi connectivity index (χ1n) is 8.27. The number of methoxy groups -OCH3 is 2. The van der Waals surface area contributed by atoms with E-state index in [1.807, 2.05) is 18.2 Å². The lowest BCUT2D eigenvalue weighted by Gasteiger charge is -2.13. The van der Waals surface area contributed by atoms with E-state index in [9.17, 15) is 4.79 Å². The lowest BCUT2D eigenvalue weighted by atomic mass is 10.1. The number of rotatable bonds is 6. The van der Waals surface area contributed by atoms with Crippen LogP contribution >= 0.6 is 11.6 Å². The molecule has 2 aromatic carbocycles. The molecule has 0 unspecified atom stereocenters. The number of hydrogen-bond donors (Lipinski definition) is 1. The Kier molecular flexibility index (Phi) is 5.62. The van der Waals surface area contributed by atoms with Crippen molar-refractivity contribution < 1.29 is 14.3 Å². The molecule has 3 rings (SSSR count). The zero-order valence-electron chi connectivity index (χ0n) is 15.1. The van der Waals surface area contributed by atoms with Gasteiger partial charge in [-0.2, -0.15) is 0 Å². The number of carbonyl (C=O) groups excluding carboxylic acids is 1. The molecule has 0 radical (unpaired) electrons. The summed E-state index contributed by atoms with van der Waals surface area (Å²) >= 11 is 5.98. The van der Waals surface area contributed by atoms with Crippen LogP contribution in [-0.4, -0.2) is 25.1 Å². The van der Waals surface area contributed by atoms with E-state index < -0.39 is 0 Å². The number of hydrogen-bond acceptors (Lipinski definition) is 4. The number of halogens is 1. The highest BCUT2D eigenvalue weighted by molar-refractivity contribution is 6.30. The summed E-state index contributed by atoms with van der Waals surface area (Å²) in [7, 11) is 3.16. The standard InChI is InChI=1S/C21H19ClN2O3/c1-4-13-9-15(22)5-6-16(13)21(25)24-12-14-7-8-23-18-11-20(27-3)19(26-2)10-17(14)18/h4-11H,1,12H2,2-3H3,(H,24,25). The number of benzene rings is 2. The fourth-order valence-corrected chi connectivity index (χ4v) is 3.04. The second kappa shape index (κ2) is 8.10. The van der Waals surface area contributed by atoms with Gasteiger partial charge in [0.25, 0.3) is 5.91 Å². The van der Waals surface area contributed by atoms with E-state index >= 15 is 0 Å². The fourth-order valence-electron chi connectivity index (χ4n) is 2.86. The van der Waals surface area contributed by atoms with Gasteiger partial charge in [0.05, 0.1) is 19.7 Å². The maximum Gasteiger partial charge on any atom is 0.252 e. The molecule has 138 valence electrons.